The number of hydrogen-bond donors (Lipinski definition) is 0. The van der Waals surface area contributed by atoms with Gasteiger partial charge in [-0.15, -0.1) is 0 Å². The minimum Gasteiger partial charge on any atom is -0.462 e. The summed E-state index contributed by atoms with van der Waals surface area (Å²) < 4.78 is 16.8. The van der Waals surface area contributed by atoms with Crippen molar-refractivity contribution in [2.24, 2.45) is 0 Å². The van der Waals surface area contributed by atoms with Gasteiger partial charge in [0.1, 0.15) is 13.2 Å². The summed E-state index contributed by atoms with van der Waals surface area (Å²) in [5.74, 6) is -1.03. The van der Waals surface area contributed by atoms with Crippen LogP contribution in [0.5, 0.6) is 0 Å². The lowest BCUT2D eigenvalue weighted by Gasteiger charge is -2.18. The standard InChI is InChI=1S/C63H100O6/c1-4-7-10-13-16-19-22-25-28-30-31-33-36-39-42-45-48-51-54-57-63(66)69-60(58-67-61(64)55-52-49-46-43-40-37-34-27-24-21-18-15-12-9-6-3)59-68-62(65)56-53-50-47-44-41-38-35-32-29-26-23-20-17-14-11-8-5-2/h9,12,16-21,25-29,31,33-35,38-39,42,44,47,60H,4-8,10-11,13-15,22-24,30,32,36-37,40-41,43,45-46,48-59H2,1-3H3/b12-9-,19-16-,20-17-,21-18-,28-25-,29-26-,33-31-,34-27-,38-35-,42-39-,47-44-/t60-/m1/s1. The lowest BCUT2D eigenvalue weighted by Crippen LogP contribution is -2.30. The van der Waals surface area contributed by atoms with Crippen molar-refractivity contribution >= 4 is 17.9 Å². The Bertz CT molecular complexity index is 1510. The van der Waals surface area contributed by atoms with Crippen LogP contribution < -0.4 is 0 Å². The summed E-state index contributed by atoms with van der Waals surface area (Å²) in [6.07, 6.45) is 78.7. The molecule has 6 nitrogen and oxygen atoms in total. The average molecular weight is 953 g/mol. The number of hydrogen-bond acceptors (Lipinski definition) is 6. The van der Waals surface area contributed by atoms with Gasteiger partial charge in [-0.3, -0.25) is 14.4 Å². The summed E-state index contributed by atoms with van der Waals surface area (Å²) in [7, 11) is 0. The highest BCUT2D eigenvalue weighted by Crippen LogP contribution is 2.12. The highest BCUT2D eigenvalue weighted by Gasteiger charge is 2.19. The van der Waals surface area contributed by atoms with Gasteiger partial charge in [-0.25, -0.2) is 0 Å². The van der Waals surface area contributed by atoms with Crippen molar-refractivity contribution in [1.29, 1.82) is 0 Å². The molecule has 0 aromatic rings. The normalized spacial score (nSPS) is 13.1. The van der Waals surface area contributed by atoms with Crippen LogP contribution in [0.3, 0.4) is 0 Å². The molecule has 0 amide bonds. The van der Waals surface area contributed by atoms with Gasteiger partial charge in [0.15, 0.2) is 6.10 Å². The fourth-order valence-electron chi connectivity index (χ4n) is 6.96. The molecule has 1 atom stereocenters. The van der Waals surface area contributed by atoms with Crippen molar-refractivity contribution in [3.05, 3.63) is 134 Å². The number of esters is 3. The maximum absolute atomic E-state index is 12.8. The van der Waals surface area contributed by atoms with E-state index in [1.165, 1.54) is 51.4 Å². The molecule has 0 fully saturated rings. The molecule has 0 radical (unpaired) electrons. The second kappa shape index (κ2) is 56.1. The van der Waals surface area contributed by atoms with Crippen molar-refractivity contribution in [3.8, 4) is 0 Å². The minimum absolute atomic E-state index is 0.122. The van der Waals surface area contributed by atoms with Gasteiger partial charge in [0.05, 0.1) is 0 Å². The Hall–Kier alpha value is -4.45. The first-order chi connectivity index (χ1) is 34.0. The SMILES string of the molecule is CC/C=C\C/C=C\C/C=C\CCCCCCCC(=O)OC[C@H](COC(=O)CCC/C=C\C/C=C\C/C=C\C/C=C\CCCCC)OC(=O)CCCCC/C=C\C/C=C\C/C=C\C/C=C\CCCCC. The number of allylic oxidation sites excluding steroid dienone is 22. The van der Waals surface area contributed by atoms with E-state index < -0.39 is 6.10 Å². The maximum atomic E-state index is 12.8. The predicted molar refractivity (Wildman–Crippen MR) is 297 cm³/mol. The fraction of sp³-hybridized carbons (Fsp3) is 0.603. The second-order valence-corrected chi connectivity index (χ2v) is 17.7. The van der Waals surface area contributed by atoms with Crippen LogP contribution in [0.1, 0.15) is 226 Å². The molecule has 0 aliphatic carbocycles. The zero-order chi connectivity index (χ0) is 50.0. The number of ether oxygens (including phenoxy) is 3. The predicted octanol–water partition coefficient (Wildman–Crippen LogP) is 18.6. The van der Waals surface area contributed by atoms with Crippen LogP contribution in [0.15, 0.2) is 134 Å². The van der Waals surface area contributed by atoms with Crippen LogP contribution in [0, 0.1) is 0 Å². The molecule has 0 rings (SSSR count). The first kappa shape index (κ1) is 64.5. The minimum atomic E-state index is -0.830. The summed E-state index contributed by atoms with van der Waals surface area (Å²) in [5, 5.41) is 0. The van der Waals surface area contributed by atoms with Gasteiger partial charge in [0.25, 0.3) is 0 Å². The van der Waals surface area contributed by atoms with Crippen LogP contribution in [0.4, 0.5) is 0 Å². The largest absolute Gasteiger partial charge is 0.462 e. The van der Waals surface area contributed by atoms with E-state index in [-0.39, 0.29) is 44.0 Å². The first-order valence-corrected chi connectivity index (χ1v) is 27.7. The lowest BCUT2D eigenvalue weighted by atomic mass is 10.1. The Morgan fingerprint density at radius 2 is 0.580 bits per heavy atom. The van der Waals surface area contributed by atoms with Gasteiger partial charge in [0.2, 0.25) is 0 Å². The number of carbonyl (C=O) groups is 3. The van der Waals surface area contributed by atoms with Crippen LogP contribution in [0.2, 0.25) is 0 Å². The quantitative estimate of drug-likeness (QED) is 0.0262. The van der Waals surface area contributed by atoms with Crippen molar-refractivity contribution in [2.75, 3.05) is 13.2 Å². The van der Waals surface area contributed by atoms with Crippen molar-refractivity contribution in [2.45, 2.75) is 232 Å². The lowest BCUT2D eigenvalue weighted by molar-refractivity contribution is -0.167. The van der Waals surface area contributed by atoms with E-state index in [1.54, 1.807) is 0 Å². The molecule has 0 saturated heterocycles. The highest BCUT2D eigenvalue weighted by atomic mass is 16.6. The van der Waals surface area contributed by atoms with E-state index in [1.807, 2.05) is 0 Å². The Morgan fingerprint density at radius 3 is 0.957 bits per heavy atom. The highest BCUT2D eigenvalue weighted by molar-refractivity contribution is 5.71. The molecule has 6 heteroatoms. The van der Waals surface area contributed by atoms with Crippen molar-refractivity contribution in [3.63, 3.8) is 0 Å². The van der Waals surface area contributed by atoms with Gasteiger partial charge in [-0.05, 0) is 135 Å². The monoisotopic (exact) mass is 953 g/mol. The molecular weight excluding hydrogens is 853 g/mol. The van der Waals surface area contributed by atoms with Crippen molar-refractivity contribution in [1.82, 2.24) is 0 Å². The molecule has 0 aliphatic heterocycles. The molecule has 0 aromatic heterocycles. The van der Waals surface area contributed by atoms with Gasteiger partial charge >= 0.3 is 17.9 Å². The first-order valence-electron chi connectivity index (χ1n) is 27.7. The summed E-state index contributed by atoms with van der Waals surface area (Å²) in [5.41, 5.74) is 0. The van der Waals surface area contributed by atoms with Gasteiger partial charge < -0.3 is 14.2 Å². The molecule has 69 heavy (non-hydrogen) atoms. The Labute approximate surface area is 424 Å². The van der Waals surface area contributed by atoms with E-state index >= 15 is 0 Å². The molecule has 0 aliphatic rings. The molecule has 0 saturated carbocycles. The zero-order valence-corrected chi connectivity index (χ0v) is 44.3. The molecule has 0 N–H and O–H groups in total. The zero-order valence-electron chi connectivity index (χ0n) is 44.3. The van der Waals surface area contributed by atoms with Crippen LogP contribution in [0.25, 0.3) is 0 Å². The summed E-state index contributed by atoms with van der Waals surface area (Å²) in [4.78, 5) is 38.1. The Kier molecular flexibility index (Phi) is 52.5. The average Bonchev–Trinajstić information content (AvgIpc) is 3.35. The van der Waals surface area contributed by atoms with Crippen LogP contribution in [-0.4, -0.2) is 37.2 Å². The van der Waals surface area contributed by atoms with Gasteiger partial charge in [-0.2, -0.15) is 0 Å². The van der Waals surface area contributed by atoms with Gasteiger partial charge in [0, 0.05) is 19.3 Å². The van der Waals surface area contributed by atoms with Crippen molar-refractivity contribution < 1.29 is 28.6 Å². The fourth-order valence-corrected chi connectivity index (χ4v) is 6.96. The molecule has 0 unspecified atom stereocenters. The Morgan fingerprint density at radius 1 is 0.304 bits per heavy atom. The second-order valence-electron chi connectivity index (χ2n) is 17.7. The molecule has 0 bridgehead atoms. The Balaban J connectivity index is 4.59. The summed E-state index contributed by atoms with van der Waals surface area (Å²) >= 11 is 0. The topological polar surface area (TPSA) is 78.9 Å². The molecule has 0 heterocycles. The number of unbranched alkanes of at least 4 members (excludes halogenated alkanes) is 15. The van der Waals surface area contributed by atoms with Crippen LogP contribution in [-0.2, 0) is 28.6 Å². The third-order valence-corrected chi connectivity index (χ3v) is 11.1. The van der Waals surface area contributed by atoms with E-state index in [0.29, 0.717) is 19.3 Å². The molecular formula is C63H100O6. The van der Waals surface area contributed by atoms with Crippen LogP contribution >= 0.6 is 0 Å². The number of carbonyl (C=O) groups excluding carboxylic acids is 3. The van der Waals surface area contributed by atoms with E-state index in [0.717, 1.165) is 122 Å². The summed E-state index contributed by atoms with van der Waals surface area (Å²) in [6, 6.07) is 0. The van der Waals surface area contributed by atoms with Gasteiger partial charge in [-0.1, -0.05) is 206 Å². The van der Waals surface area contributed by atoms with E-state index in [9.17, 15) is 14.4 Å². The molecule has 388 valence electrons. The third kappa shape index (κ3) is 54.4. The van der Waals surface area contributed by atoms with E-state index in [4.69, 9.17) is 14.2 Å². The molecule has 0 aromatic carbocycles. The third-order valence-electron chi connectivity index (χ3n) is 11.1. The smallest absolute Gasteiger partial charge is 0.306 e. The number of rotatable bonds is 48. The maximum Gasteiger partial charge on any atom is 0.306 e. The summed E-state index contributed by atoms with van der Waals surface area (Å²) in [6.45, 7) is 6.37. The molecule has 0 spiro atoms. The van der Waals surface area contributed by atoms with E-state index in [2.05, 4.69) is 154 Å².